The fourth-order valence-electron chi connectivity index (χ4n) is 2.81. The van der Waals surface area contributed by atoms with E-state index in [1.54, 1.807) is 18.5 Å². The first kappa shape index (κ1) is 15.1. The molecule has 0 atom stereocenters. The zero-order valence-corrected chi connectivity index (χ0v) is 13.4. The molecule has 0 saturated heterocycles. The Balaban J connectivity index is 1.56. The highest BCUT2D eigenvalue weighted by Crippen LogP contribution is 2.27. The molecule has 1 amide bonds. The minimum atomic E-state index is -0.192. The van der Waals surface area contributed by atoms with E-state index in [1.165, 1.54) is 0 Å². The second-order valence-corrected chi connectivity index (χ2v) is 5.74. The SMILES string of the molecule is O=C(NCc1cccnc1)c1cc(-c2cccc3ccccc23)n[nH]1. The number of pyridine rings is 1. The van der Waals surface area contributed by atoms with Crippen molar-refractivity contribution in [3.05, 3.63) is 84.3 Å². The number of fused-ring (bicyclic) bond motifs is 1. The van der Waals surface area contributed by atoms with Crippen molar-refractivity contribution in [1.82, 2.24) is 20.5 Å². The van der Waals surface area contributed by atoms with Crippen molar-refractivity contribution < 1.29 is 4.79 Å². The van der Waals surface area contributed by atoms with Gasteiger partial charge in [-0.2, -0.15) is 5.10 Å². The quantitative estimate of drug-likeness (QED) is 0.602. The first-order valence-corrected chi connectivity index (χ1v) is 8.02. The maximum Gasteiger partial charge on any atom is 0.269 e. The molecule has 5 nitrogen and oxygen atoms in total. The summed E-state index contributed by atoms with van der Waals surface area (Å²) in [5, 5.41) is 12.3. The molecule has 4 aromatic rings. The van der Waals surface area contributed by atoms with E-state index in [9.17, 15) is 4.79 Å². The molecule has 2 heterocycles. The molecular formula is C20H16N4O. The number of aromatic amines is 1. The van der Waals surface area contributed by atoms with Crippen LogP contribution in [0.3, 0.4) is 0 Å². The van der Waals surface area contributed by atoms with Gasteiger partial charge in [0.15, 0.2) is 0 Å². The molecule has 25 heavy (non-hydrogen) atoms. The van der Waals surface area contributed by atoms with Gasteiger partial charge in [0.25, 0.3) is 5.91 Å². The first-order chi connectivity index (χ1) is 12.3. The maximum absolute atomic E-state index is 12.3. The summed E-state index contributed by atoms with van der Waals surface area (Å²) in [5.41, 5.74) is 3.14. The van der Waals surface area contributed by atoms with E-state index in [0.717, 1.165) is 27.6 Å². The average Bonchev–Trinajstić information content (AvgIpc) is 3.16. The summed E-state index contributed by atoms with van der Waals surface area (Å²) in [6, 6.07) is 19.7. The molecular weight excluding hydrogens is 312 g/mol. The Hall–Kier alpha value is -3.47. The lowest BCUT2D eigenvalue weighted by atomic mass is 10.0. The van der Waals surface area contributed by atoms with Crippen LogP contribution >= 0.6 is 0 Å². The lowest BCUT2D eigenvalue weighted by molar-refractivity contribution is 0.0946. The Bertz CT molecular complexity index is 1020. The zero-order chi connectivity index (χ0) is 17.1. The topological polar surface area (TPSA) is 70.7 Å². The van der Waals surface area contributed by atoms with Crippen molar-refractivity contribution >= 4 is 16.7 Å². The molecule has 5 heteroatoms. The van der Waals surface area contributed by atoms with Crippen molar-refractivity contribution in [3.8, 4) is 11.3 Å². The molecule has 0 fully saturated rings. The Morgan fingerprint density at radius 3 is 2.80 bits per heavy atom. The number of benzene rings is 2. The van der Waals surface area contributed by atoms with Gasteiger partial charge in [-0.25, -0.2) is 0 Å². The predicted octanol–water partition coefficient (Wildman–Crippen LogP) is 3.55. The standard InChI is InChI=1S/C20H16N4O/c25-20(22-13-14-5-4-10-21-12-14)19-11-18(23-24-19)17-9-3-7-15-6-1-2-8-16(15)17/h1-12H,13H2,(H,22,25)(H,23,24). The van der Waals surface area contributed by atoms with Crippen LogP contribution in [0.4, 0.5) is 0 Å². The normalized spacial score (nSPS) is 10.7. The molecule has 4 rings (SSSR count). The minimum absolute atomic E-state index is 0.192. The van der Waals surface area contributed by atoms with Crippen molar-refractivity contribution in [2.24, 2.45) is 0 Å². The number of hydrogen-bond donors (Lipinski definition) is 2. The minimum Gasteiger partial charge on any atom is -0.347 e. The Labute approximate surface area is 144 Å². The summed E-state index contributed by atoms with van der Waals surface area (Å²) >= 11 is 0. The van der Waals surface area contributed by atoms with E-state index in [0.29, 0.717) is 12.2 Å². The Morgan fingerprint density at radius 2 is 1.92 bits per heavy atom. The van der Waals surface area contributed by atoms with Crippen LogP contribution in [-0.4, -0.2) is 21.1 Å². The first-order valence-electron chi connectivity index (χ1n) is 8.02. The fraction of sp³-hybridized carbons (Fsp3) is 0.0500. The number of nitrogens with one attached hydrogen (secondary N) is 2. The van der Waals surface area contributed by atoms with Gasteiger partial charge < -0.3 is 5.32 Å². The summed E-state index contributed by atoms with van der Waals surface area (Å²) in [6.07, 6.45) is 3.44. The molecule has 0 bridgehead atoms. The third-order valence-corrected chi connectivity index (χ3v) is 4.06. The number of carbonyl (C=O) groups is 1. The van der Waals surface area contributed by atoms with Crippen LogP contribution in [0.5, 0.6) is 0 Å². The van der Waals surface area contributed by atoms with Crippen molar-refractivity contribution in [3.63, 3.8) is 0 Å². The number of rotatable bonds is 4. The Morgan fingerprint density at radius 1 is 1.04 bits per heavy atom. The highest BCUT2D eigenvalue weighted by molar-refractivity contribution is 5.98. The lowest BCUT2D eigenvalue weighted by Gasteiger charge is -2.03. The van der Waals surface area contributed by atoms with Crippen molar-refractivity contribution in [2.75, 3.05) is 0 Å². The summed E-state index contributed by atoms with van der Waals surface area (Å²) < 4.78 is 0. The van der Waals surface area contributed by atoms with Crippen molar-refractivity contribution in [2.45, 2.75) is 6.54 Å². The number of nitrogens with zero attached hydrogens (tertiary/aromatic N) is 2. The van der Waals surface area contributed by atoms with Gasteiger partial charge in [0.2, 0.25) is 0 Å². The van der Waals surface area contributed by atoms with E-state index < -0.39 is 0 Å². The molecule has 2 aromatic heterocycles. The van der Waals surface area contributed by atoms with Crippen LogP contribution in [0, 0.1) is 0 Å². The number of hydrogen-bond acceptors (Lipinski definition) is 3. The van der Waals surface area contributed by atoms with Gasteiger partial charge in [0, 0.05) is 24.5 Å². The third kappa shape index (κ3) is 3.12. The number of H-pyrrole nitrogens is 1. The summed E-state index contributed by atoms with van der Waals surface area (Å²) in [7, 11) is 0. The van der Waals surface area contributed by atoms with E-state index >= 15 is 0 Å². The second-order valence-electron chi connectivity index (χ2n) is 5.74. The van der Waals surface area contributed by atoms with E-state index in [1.807, 2.05) is 36.4 Å². The van der Waals surface area contributed by atoms with Crippen LogP contribution in [0.25, 0.3) is 22.0 Å². The summed E-state index contributed by atoms with van der Waals surface area (Å²) in [5.74, 6) is -0.192. The largest absolute Gasteiger partial charge is 0.347 e. The number of carbonyl (C=O) groups excluding carboxylic acids is 1. The molecule has 0 radical (unpaired) electrons. The van der Waals surface area contributed by atoms with Gasteiger partial charge in [0.05, 0.1) is 5.69 Å². The van der Waals surface area contributed by atoms with E-state index in [4.69, 9.17) is 0 Å². The van der Waals surface area contributed by atoms with Crippen LogP contribution in [0.2, 0.25) is 0 Å². The van der Waals surface area contributed by atoms with Gasteiger partial charge in [-0.3, -0.25) is 14.9 Å². The van der Waals surface area contributed by atoms with Crippen molar-refractivity contribution in [1.29, 1.82) is 0 Å². The molecule has 0 aliphatic heterocycles. The summed E-state index contributed by atoms with van der Waals surface area (Å²) in [6.45, 7) is 0.426. The zero-order valence-electron chi connectivity index (χ0n) is 13.4. The lowest BCUT2D eigenvalue weighted by Crippen LogP contribution is -2.23. The third-order valence-electron chi connectivity index (χ3n) is 4.06. The van der Waals surface area contributed by atoms with Gasteiger partial charge in [-0.1, -0.05) is 48.5 Å². The van der Waals surface area contributed by atoms with Gasteiger partial charge in [-0.15, -0.1) is 0 Å². The molecule has 2 N–H and O–H groups in total. The van der Waals surface area contributed by atoms with E-state index in [2.05, 4.69) is 38.7 Å². The number of amides is 1. The predicted molar refractivity (Wildman–Crippen MR) is 96.9 cm³/mol. The average molecular weight is 328 g/mol. The second kappa shape index (κ2) is 6.57. The molecule has 2 aromatic carbocycles. The molecule has 0 spiro atoms. The Kier molecular flexibility index (Phi) is 3.96. The van der Waals surface area contributed by atoms with Crippen LogP contribution in [0.1, 0.15) is 16.1 Å². The molecule has 0 unspecified atom stereocenters. The highest BCUT2D eigenvalue weighted by Gasteiger charge is 2.12. The van der Waals surface area contributed by atoms with Gasteiger partial charge in [0.1, 0.15) is 5.69 Å². The van der Waals surface area contributed by atoms with Gasteiger partial charge >= 0.3 is 0 Å². The molecule has 0 aliphatic carbocycles. The molecule has 0 aliphatic rings. The summed E-state index contributed by atoms with van der Waals surface area (Å²) in [4.78, 5) is 16.4. The number of aromatic nitrogens is 3. The maximum atomic E-state index is 12.3. The highest BCUT2D eigenvalue weighted by atomic mass is 16.1. The smallest absolute Gasteiger partial charge is 0.269 e. The van der Waals surface area contributed by atoms with Crippen LogP contribution in [0.15, 0.2) is 73.1 Å². The molecule has 0 saturated carbocycles. The van der Waals surface area contributed by atoms with Crippen LogP contribution < -0.4 is 5.32 Å². The van der Waals surface area contributed by atoms with E-state index in [-0.39, 0.29) is 5.91 Å². The fourth-order valence-corrected chi connectivity index (χ4v) is 2.81. The van der Waals surface area contributed by atoms with Crippen LogP contribution in [-0.2, 0) is 6.54 Å². The molecule has 122 valence electrons. The van der Waals surface area contributed by atoms with Gasteiger partial charge in [-0.05, 0) is 28.5 Å². The monoisotopic (exact) mass is 328 g/mol.